The molecular formula is C34H41LiN4O7. The molecule has 0 aliphatic rings. The maximum absolute atomic E-state index is 11.6. The maximum atomic E-state index is 11.6. The van der Waals surface area contributed by atoms with Crippen LogP contribution in [0.4, 0.5) is 0 Å². The van der Waals surface area contributed by atoms with Crippen LogP contribution >= 0.6 is 0 Å². The summed E-state index contributed by atoms with van der Waals surface area (Å²) in [6.07, 6.45) is 1.49. The third kappa shape index (κ3) is 9.97. The van der Waals surface area contributed by atoms with Crippen molar-refractivity contribution in [1.82, 2.24) is 9.13 Å². The molecule has 0 atom stereocenters. The van der Waals surface area contributed by atoms with Crippen molar-refractivity contribution in [1.29, 1.82) is 0 Å². The average Bonchev–Trinajstić information content (AvgIpc) is 3.52. The molecule has 0 saturated carbocycles. The van der Waals surface area contributed by atoms with Gasteiger partial charge in [0, 0.05) is 45.3 Å². The van der Waals surface area contributed by atoms with Crippen LogP contribution in [0.3, 0.4) is 0 Å². The SMILES string of the molecule is CCOC(=O)CCc1ccc(C)n1-c1ccc(C(N)=O)cc1C.Cc1cc(C(N)=O)ccc1-n1c(C)ccc1CCC(=O)O.[Li+].[OH-]. The summed E-state index contributed by atoms with van der Waals surface area (Å²) in [5.74, 6) is -1.91. The first-order chi connectivity index (χ1) is 20.8. The van der Waals surface area contributed by atoms with E-state index in [4.69, 9.17) is 21.3 Å². The second-order valence-corrected chi connectivity index (χ2v) is 10.5. The number of carbonyl (C=O) groups excluding carboxylic acids is 3. The fourth-order valence-corrected chi connectivity index (χ4v) is 5.08. The number of carboxylic acids is 1. The number of aliphatic carboxylic acids is 1. The van der Waals surface area contributed by atoms with Crippen molar-refractivity contribution < 1.29 is 53.4 Å². The molecule has 0 spiro atoms. The number of hydrogen-bond donors (Lipinski definition) is 3. The van der Waals surface area contributed by atoms with Gasteiger partial charge in [-0.15, -0.1) is 0 Å². The summed E-state index contributed by atoms with van der Waals surface area (Å²) < 4.78 is 9.10. The Morgan fingerprint density at radius 1 is 0.696 bits per heavy atom. The summed E-state index contributed by atoms with van der Waals surface area (Å²) >= 11 is 0. The van der Waals surface area contributed by atoms with Gasteiger partial charge in [-0.1, -0.05) is 0 Å². The van der Waals surface area contributed by atoms with E-state index >= 15 is 0 Å². The molecule has 0 unspecified atom stereocenters. The molecule has 2 amide bonds. The molecule has 46 heavy (non-hydrogen) atoms. The minimum atomic E-state index is -0.818. The van der Waals surface area contributed by atoms with Gasteiger partial charge in [0.1, 0.15) is 0 Å². The Hall–Kier alpha value is -4.56. The molecule has 0 aliphatic heterocycles. The molecule has 0 fully saturated rings. The monoisotopic (exact) mass is 624 g/mol. The summed E-state index contributed by atoms with van der Waals surface area (Å²) in [5, 5.41) is 8.83. The topological polar surface area (TPSA) is 190 Å². The number of carboxylic acid groups (broad SMARTS) is 1. The first-order valence-corrected chi connectivity index (χ1v) is 14.4. The number of esters is 1. The van der Waals surface area contributed by atoms with Crippen molar-refractivity contribution in [2.24, 2.45) is 11.5 Å². The maximum Gasteiger partial charge on any atom is 1.00 e. The van der Waals surface area contributed by atoms with E-state index in [2.05, 4.69) is 4.57 Å². The van der Waals surface area contributed by atoms with Gasteiger partial charge in [0.25, 0.3) is 0 Å². The van der Waals surface area contributed by atoms with Crippen LogP contribution < -0.4 is 30.3 Å². The van der Waals surface area contributed by atoms with E-state index in [1.807, 2.05) is 68.7 Å². The Morgan fingerprint density at radius 3 is 1.46 bits per heavy atom. The molecule has 2 aromatic carbocycles. The van der Waals surface area contributed by atoms with Crippen molar-refractivity contribution in [3.05, 3.63) is 106 Å². The van der Waals surface area contributed by atoms with Crippen LogP contribution in [-0.4, -0.2) is 50.1 Å². The molecule has 2 heterocycles. The molecule has 0 bridgehead atoms. The Bertz CT molecular complexity index is 1690. The van der Waals surface area contributed by atoms with Crippen LogP contribution in [0.1, 0.15) is 74.4 Å². The number of ether oxygens (including phenoxy) is 1. The van der Waals surface area contributed by atoms with Crippen molar-refractivity contribution in [3.8, 4) is 11.4 Å². The molecule has 11 nitrogen and oxygen atoms in total. The number of nitrogens with zero attached hydrogens (tertiary/aromatic N) is 2. The normalized spacial score (nSPS) is 10.1. The number of hydrogen-bond acceptors (Lipinski definition) is 6. The van der Waals surface area contributed by atoms with Gasteiger partial charge < -0.3 is 35.9 Å². The van der Waals surface area contributed by atoms with Crippen molar-refractivity contribution >= 4 is 23.8 Å². The third-order valence-corrected chi connectivity index (χ3v) is 7.24. The van der Waals surface area contributed by atoms with Crippen LogP contribution in [0.25, 0.3) is 11.4 Å². The van der Waals surface area contributed by atoms with Gasteiger partial charge in [0.05, 0.1) is 19.4 Å². The number of rotatable bonds is 11. The predicted molar refractivity (Wildman–Crippen MR) is 170 cm³/mol. The van der Waals surface area contributed by atoms with Crippen LogP contribution in [0.5, 0.6) is 0 Å². The zero-order valence-corrected chi connectivity index (χ0v) is 27.3. The minimum absolute atomic E-state index is 0. The molecule has 6 N–H and O–H groups in total. The van der Waals surface area contributed by atoms with Gasteiger partial charge in [-0.2, -0.15) is 0 Å². The fourth-order valence-electron chi connectivity index (χ4n) is 5.08. The number of primary amides is 2. The van der Waals surface area contributed by atoms with Crippen LogP contribution in [-0.2, 0) is 27.2 Å². The second kappa shape index (κ2) is 17.8. The molecule has 12 heteroatoms. The van der Waals surface area contributed by atoms with Crippen LogP contribution in [0.2, 0.25) is 0 Å². The van der Waals surface area contributed by atoms with E-state index in [9.17, 15) is 19.2 Å². The van der Waals surface area contributed by atoms with Crippen LogP contribution in [0.15, 0.2) is 60.7 Å². The van der Waals surface area contributed by atoms with E-state index in [1.165, 1.54) is 0 Å². The Kier molecular flexibility index (Phi) is 15.3. The molecular weight excluding hydrogens is 583 g/mol. The molecule has 0 aliphatic carbocycles. The number of carbonyl (C=O) groups is 4. The van der Waals surface area contributed by atoms with Gasteiger partial charge in [-0.3, -0.25) is 19.2 Å². The summed E-state index contributed by atoms with van der Waals surface area (Å²) in [6.45, 7) is 10.0. The number of nitrogens with two attached hydrogens (primary N) is 2. The molecule has 0 radical (unpaired) electrons. The molecule has 4 rings (SSSR count). The predicted octanol–water partition coefficient (Wildman–Crippen LogP) is 1.73. The zero-order chi connectivity index (χ0) is 32.6. The first kappa shape index (κ1) is 39.5. The first-order valence-electron chi connectivity index (χ1n) is 14.4. The number of amides is 2. The largest absolute Gasteiger partial charge is 1.00 e. The quantitative estimate of drug-likeness (QED) is 0.167. The summed E-state index contributed by atoms with van der Waals surface area (Å²) in [5.41, 5.74) is 19.4. The van der Waals surface area contributed by atoms with Crippen LogP contribution in [0, 0.1) is 27.7 Å². The number of benzene rings is 2. The Morgan fingerprint density at radius 2 is 1.11 bits per heavy atom. The fraction of sp³-hybridized carbons (Fsp3) is 0.294. The number of aryl methyl sites for hydroxylation is 6. The van der Waals surface area contributed by atoms with E-state index in [1.54, 1.807) is 31.2 Å². The third-order valence-electron chi connectivity index (χ3n) is 7.24. The molecule has 240 valence electrons. The molecule has 0 saturated heterocycles. The molecule has 4 aromatic rings. The average molecular weight is 625 g/mol. The Labute approximate surface area is 281 Å². The van der Waals surface area contributed by atoms with Gasteiger partial charge in [-0.05, 0) is 119 Å². The van der Waals surface area contributed by atoms with Gasteiger partial charge >= 0.3 is 30.8 Å². The second-order valence-electron chi connectivity index (χ2n) is 10.5. The zero-order valence-electron chi connectivity index (χ0n) is 27.3. The van der Waals surface area contributed by atoms with E-state index in [0.29, 0.717) is 37.0 Å². The van der Waals surface area contributed by atoms with E-state index < -0.39 is 17.8 Å². The van der Waals surface area contributed by atoms with Crippen molar-refractivity contribution in [2.75, 3.05) is 6.61 Å². The van der Waals surface area contributed by atoms with E-state index in [-0.39, 0.29) is 36.7 Å². The van der Waals surface area contributed by atoms with Crippen molar-refractivity contribution in [3.63, 3.8) is 0 Å². The smallest absolute Gasteiger partial charge is 0.870 e. The Balaban J connectivity index is 0.000000442. The van der Waals surface area contributed by atoms with E-state index in [0.717, 1.165) is 45.3 Å². The van der Waals surface area contributed by atoms with Gasteiger partial charge in [-0.25, -0.2) is 0 Å². The molecule has 2 aromatic heterocycles. The van der Waals surface area contributed by atoms with Crippen molar-refractivity contribution in [2.45, 2.75) is 60.3 Å². The minimum Gasteiger partial charge on any atom is -0.870 e. The standard InChI is InChI=1S/C18H22N2O3.C16H18N2O3.Li.H2O/c1-4-23-17(21)10-8-15-7-5-13(3)20(15)16-9-6-14(18(19)22)11-12(16)2;1-10-9-12(16(17)21)4-7-14(10)18-11(2)3-5-13(18)6-8-15(19)20;;/h5-7,9,11H,4,8,10H2,1-3H3,(H2,19,22);3-5,7,9H,6,8H2,1-2H3,(H2,17,21)(H,19,20);;1H2/q;;+1;/p-1. The number of aromatic nitrogens is 2. The van der Waals surface area contributed by atoms with Gasteiger partial charge in [0.15, 0.2) is 0 Å². The summed E-state index contributed by atoms with van der Waals surface area (Å²) in [4.78, 5) is 44.8. The summed E-state index contributed by atoms with van der Waals surface area (Å²) in [6, 6.07) is 18.6. The summed E-state index contributed by atoms with van der Waals surface area (Å²) in [7, 11) is 0. The van der Waals surface area contributed by atoms with Gasteiger partial charge in [0.2, 0.25) is 11.8 Å².